The molecule has 0 bridgehead atoms. The molecule has 0 atom stereocenters. The number of rotatable bonds is 12. The summed E-state index contributed by atoms with van der Waals surface area (Å²) < 4.78 is 71.8. The van der Waals surface area contributed by atoms with Crippen molar-refractivity contribution in [1.82, 2.24) is 4.31 Å². The lowest BCUT2D eigenvalue weighted by molar-refractivity contribution is -0.139. The average molecular weight is 540 g/mol. The van der Waals surface area contributed by atoms with E-state index in [1.165, 1.54) is 11.8 Å². The third kappa shape index (κ3) is 7.79. The Balaban J connectivity index is 2.06. The predicted molar refractivity (Wildman–Crippen MR) is 125 cm³/mol. The van der Waals surface area contributed by atoms with Gasteiger partial charge in [-0.1, -0.05) is 18.5 Å². The van der Waals surface area contributed by atoms with Crippen LogP contribution >= 0.6 is 23.4 Å². The van der Waals surface area contributed by atoms with E-state index in [9.17, 15) is 26.4 Å². The number of hydrogen-bond acceptors (Lipinski definition) is 5. The molecule has 2 aromatic carbocycles. The molecule has 34 heavy (non-hydrogen) atoms. The summed E-state index contributed by atoms with van der Waals surface area (Å²) in [5, 5.41) is 8.45. The van der Waals surface area contributed by atoms with Crippen molar-refractivity contribution in [3.63, 3.8) is 0 Å². The fraction of sp³-hybridized carbons (Fsp3) is 0.409. The van der Waals surface area contributed by atoms with E-state index in [1.54, 1.807) is 26.0 Å². The molecule has 2 rings (SSSR count). The van der Waals surface area contributed by atoms with Gasteiger partial charge in [-0.25, -0.2) is 13.2 Å². The minimum atomic E-state index is -4.69. The van der Waals surface area contributed by atoms with Crippen LogP contribution in [0.15, 0.2) is 46.2 Å². The lowest BCUT2D eigenvalue weighted by Crippen LogP contribution is -2.33. The van der Waals surface area contributed by atoms with Crippen molar-refractivity contribution in [3.8, 4) is 5.75 Å². The number of sulfonamides is 1. The van der Waals surface area contributed by atoms with Gasteiger partial charge in [0.25, 0.3) is 0 Å². The fourth-order valence-electron chi connectivity index (χ4n) is 3.06. The number of ether oxygens (including phenoxy) is 1. The van der Waals surface area contributed by atoms with E-state index in [4.69, 9.17) is 21.4 Å². The van der Waals surface area contributed by atoms with Crippen molar-refractivity contribution >= 4 is 39.4 Å². The van der Waals surface area contributed by atoms with Crippen molar-refractivity contribution in [1.29, 1.82) is 0 Å². The van der Waals surface area contributed by atoms with Crippen molar-refractivity contribution in [2.45, 2.75) is 42.7 Å². The molecule has 0 aromatic heterocycles. The van der Waals surface area contributed by atoms with Crippen molar-refractivity contribution in [3.05, 3.63) is 52.5 Å². The van der Waals surface area contributed by atoms with Gasteiger partial charge in [0.05, 0.1) is 10.6 Å². The van der Waals surface area contributed by atoms with E-state index in [0.717, 1.165) is 26.9 Å². The van der Waals surface area contributed by atoms with Crippen molar-refractivity contribution in [2.24, 2.45) is 0 Å². The average Bonchev–Trinajstić information content (AvgIpc) is 2.74. The summed E-state index contributed by atoms with van der Waals surface area (Å²) in [7, 11) is -4.22. The molecule has 188 valence electrons. The van der Waals surface area contributed by atoms with E-state index in [0.29, 0.717) is 30.4 Å². The number of halogens is 4. The summed E-state index contributed by atoms with van der Waals surface area (Å²) in [6.07, 6.45) is -3.75. The highest BCUT2D eigenvalue weighted by molar-refractivity contribution is 7.99. The van der Waals surface area contributed by atoms with Crippen LogP contribution in [-0.2, 0) is 21.0 Å². The van der Waals surface area contributed by atoms with Gasteiger partial charge in [0.2, 0.25) is 10.0 Å². The number of aryl methyl sites for hydroxylation is 1. The number of carboxylic acids is 1. The molecule has 0 aliphatic carbocycles. The van der Waals surface area contributed by atoms with Gasteiger partial charge in [-0.3, -0.25) is 0 Å². The highest BCUT2D eigenvalue weighted by Crippen LogP contribution is 2.34. The molecule has 0 heterocycles. The standard InChI is InChI=1S/C22H25ClF3NO5S2/c1-3-9-27(34(30,31)20-13-16(22(24,25)26)5-7-18(20)23)10-4-11-33-17-6-8-19(15(2)12-17)32-14-21(28)29/h5-8,12-13H,3-4,9-11,14H2,1-2H3,(H,28,29). The lowest BCUT2D eigenvalue weighted by Gasteiger charge is -2.23. The van der Waals surface area contributed by atoms with Crippen LogP contribution in [0, 0.1) is 6.92 Å². The van der Waals surface area contributed by atoms with E-state index in [2.05, 4.69) is 0 Å². The van der Waals surface area contributed by atoms with Crippen LogP contribution in [0.3, 0.4) is 0 Å². The molecule has 2 aromatic rings. The van der Waals surface area contributed by atoms with Gasteiger partial charge in [0.1, 0.15) is 10.6 Å². The van der Waals surface area contributed by atoms with Gasteiger partial charge >= 0.3 is 12.1 Å². The van der Waals surface area contributed by atoms with E-state index >= 15 is 0 Å². The van der Waals surface area contributed by atoms with Crippen LogP contribution in [0.2, 0.25) is 5.02 Å². The second kappa shape index (κ2) is 12.1. The zero-order chi connectivity index (χ0) is 25.5. The monoisotopic (exact) mass is 539 g/mol. The number of nitrogens with zero attached hydrogens (tertiary/aromatic N) is 1. The molecular formula is C22H25ClF3NO5S2. The molecule has 0 aliphatic heterocycles. The minimum Gasteiger partial charge on any atom is -0.482 e. The normalized spacial score (nSPS) is 12.2. The van der Waals surface area contributed by atoms with Gasteiger partial charge in [-0.05, 0) is 67.5 Å². The first-order valence-corrected chi connectivity index (χ1v) is 13.1. The van der Waals surface area contributed by atoms with E-state index in [-0.39, 0.29) is 18.1 Å². The Bertz CT molecular complexity index is 1110. The summed E-state index contributed by atoms with van der Waals surface area (Å²) in [6, 6.07) is 7.56. The quantitative estimate of drug-likeness (QED) is 0.274. The number of alkyl halides is 3. The summed E-state index contributed by atoms with van der Waals surface area (Å²) in [4.78, 5) is 11.0. The van der Waals surface area contributed by atoms with Crippen LogP contribution in [-0.4, -0.2) is 49.2 Å². The molecule has 0 amide bonds. The smallest absolute Gasteiger partial charge is 0.416 e. The summed E-state index contributed by atoms with van der Waals surface area (Å²) >= 11 is 7.44. The van der Waals surface area contributed by atoms with Gasteiger partial charge < -0.3 is 9.84 Å². The Kier molecular flexibility index (Phi) is 10.1. The molecule has 0 saturated carbocycles. The molecule has 0 fully saturated rings. The summed E-state index contributed by atoms with van der Waals surface area (Å²) in [6.45, 7) is 3.39. The maximum absolute atomic E-state index is 13.1. The fourth-order valence-corrected chi connectivity index (χ4v) is 6.07. The molecule has 0 aliphatic rings. The molecular weight excluding hydrogens is 515 g/mol. The zero-order valence-corrected chi connectivity index (χ0v) is 21.0. The topological polar surface area (TPSA) is 83.9 Å². The van der Waals surface area contributed by atoms with Crippen molar-refractivity contribution < 1.29 is 36.2 Å². The Labute approximate surface area is 206 Å². The molecule has 0 saturated heterocycles. The molecule has 0 radical (unpaired) electrons. The number of thioether (sulfide) groups is 1. The molecule has 1 N–H and O–H groups in total. The Morgan fingerprint density at radius 2 is 1.88 bits per heavy atom. The number of hydrogen-bond donors (Lipinski definition) is 1. The number of carboxylic acid groups (broad SMARTS) is 1. The SMILES string of the molecule is CCCN(CCCSc1ccc(OCC(=O)O)c(C)c1)S(=O)(=O)c1cc(C(F)(F)F)ccc1Cl. The molecule has 0 unspecified atom stereocenters. The third-order valence-corrected chi connectivity index (χ3v) is 8.13. The highest BCUT2D eigenvalue weighted by Gasteiger charge is 2.34. The first-order chi connectivity index (χ1) is 15.9. The third-order valence-electron chi connectivity index (χ3n) is 4.67. The predicted octanol–water partition coefficient (Wildman–Crippen LogP) is 5.71. The first-order valence-electron chi connectivity index (χ1n) is 10.3. The van der Waals surface area contributed by atoms with Gasteiger partial charge in [0, 0.05) is 18.0 Å². The van der Waals surface area contributed by atoms with Crippen LogP contribution in [0.1, 0.15) is 30.9 Å². The van der Waals surface area contributed by atoms with Crippen LogP contribution in [0.5, 0.6) is 5.75 Å². The second-order valence-electron chi connectivity index (χ2n) is 7.36. The first kappa shape index (κ1) is 28.3. The minimum absolute atomic E-state index is 0.120. The van der Waals surface area contributed by atoms with E-state index in [1.807, 2.05) is 6.07 Å². The van der Waals surface area contributed by atoms with Crippen LogP contribution < -0.4 is 4.74 Å². The van der Waals surface area contributed by atoms with Gasteiger partial charge in [-0.15, -0.1) is 11.8 Å². The van der Waals surface area contributed by atoms with Crippen LogP contribution in [0.4, 0.5) is 13.2 Å². The lowest BCUT2D eigenvalue weighted by atomic mass is 10.2. The number of carbonyl (C=O) groups is 1. The maximum atomic E-state index is 13.1. The molecule has 0 spiro atoms. The van der Waals surface area contributed by atoms with Gasteiger partial charge in [0.15, 0.2) is 6.61 Å². The molecule has 6 nitrogen and oxygen atoms in total. The van der Waals surface area contributed by atoms with Gasteiger partial charge in [-0.2, -0.15) is 17.5 Å². The Hall–Kier alpha value is -1.95. The van der Waals surface area contributed by atoms with Crippen LogP contribution in [0.25, 0.3) is 0 Å². The Morgan fingerprint density at radius 3 is 2.47 bits per heavy atom. The molecule has 12 heteroatoms. The highest BCUT2D eigenvalue weighted by atomic mass is 35.5. The number of benzene rings is 2. The summed E-state index contributed by atoms with van der Waals surface area (Å²) in [5.41, 5.74) is -0.311. The largest absolute Gasteiger partial charge is 0.482 e. The second-order valence-corrected chi connectivity index (χ2v) is 10.8. The van der Waals surface area contributed by atoms with Crippen molar-refractivity contribution in [2.75, 3.05) is 25.4 Å². The maximum Gasteiger partial charge on any atom is 0.416 e. The number of aliphatic carboxylic acids is 1. The Morgan fingerprint density at radius 1 is 1.18 bits per heavy atom. The van der Waals surface area contributed by atoms with E-state index < -0.39 is 39.2 Å². The summed E-state index contributed by atoms with van der Waals surface area (Å²) in [5.74, 6) is -0.0540. The zero-order valence-electron chi connectivity index (χ0n) is 18.6.